The van der Waals surface area contributed by atoms with E-state index >= 15 is 0 Å². The highest BCUT2D eigenvalue weighted by molar-refractivity contribution is 7.99. The minimum atomic E-state index is 0.0708. The summed E-state index contributed by atoms with van der Waals surface area (Å²) in [5.41, 5.74) is 8.96. The molecular formula is C14H17N3S. The first-order valence-corrected chi connectivity index (χ1v) is 6.72. The maximum atomic E-state index is 5.82. The molecule has 0 radical (unpaired) electrons. The van der Waals surface area contributed by atoms with Gasteiger partial charge in [-0.3, -0.25) is 0 Å². The van der Waals surface area contributed by atoms with Crippen molar-refractivity contribution in [2.45, 2.75) is 36.9 Å². The third-order valence-corrected chi connectivity index (χ3v) is 3.45. The molecule has 4 heteroatoms. The van der Waals surface area contributed by atoms with Crippen LogP contribution in [-0.2, 0) is 0 Å². The van der Waals surface area contributed by atoms with Gasteiger partial charge in [-0.1, -0.05) is 12.1 Å². The Kier molecular flexibility index (Phi) is 3.99. The molecule has 94 valence electrons. The molecule has 0 spiro atoms. The smallest absolute Gasteiger partial charge is 0.192 e. The number of nitrogens with zero attached hydrogens (tertiary/aromatic N) is 2. The van der Waals surface area contributed by atoms with Gasteiger partial charge in [0.25, 0.3) is 0 Å². The van der Waals surface area contributed by atoms with Crippen molar-refractivity contribution in [2.24, 2.45) is 5.73 Å². The van der Waals surface area contributed by atoms with E-state index < -0.39 is 0 Å². The molecule has 0 saturated carbocycles. The van der Waals surface area contributed by atoms with Crippen LogP contribution in [0.3, 0.4) is 0 Å². The lowest BCUT2D eigenvalue weighted by Crippen LogP contribution is -2.04. The maximum Gasteiger partial charge on any atom is 0.192 e. The predicted molar refractivity (Wildman–Crippen MR) is 74.7 cm³/mol. The summed E-state index contributed by atoms with van der Waals surface area (Å²) in [4.78, 5) is 9.96. The van der Waals surface area contributed by atoms with Crippen molar-refractivity contribution in [1.29, 1.82) is 0 Å². The highest BCUT2D eigenvalue weighted by Crippen LogP contribution is 2.26. The van der Waals surface area contributed by atoms with Gasteiger partial charge in [0.05, 0.1) is 0 Å². The molecule has 0 bridgehead atoms. The molecule has 18 heavy (non-hydrogen) atoms. The monoisotopic (exact) mass is 259 g/mol. The second kappa shape index (κ2) is 5.50. The van der Waals surface area contributed by atoms with E-state index in [0.29, 0.717) is 0 Å². The maximum absolute atomic E-state index is 5.82. The first-order chi connectivity index (χ1) is 8.54. The Morgan fingerprint density at radius 3 is 2.11 bits per heavy atom. The molecule has 1 aromatic carbocycles. The first kappa shape index (κ1) is 13.1. The molecular weight excluding hydrogens is 242 g/mol. The molecule has 1 atom stereocenters. The van der Waals surface area contributed by atoms with Crippen LogP contribution in [-0.4, -0.2) is 9.97 Å². The number of hydrogen-bond donors (Lipinski definition) is 1. The van der Waals surface area contributed by atoms with Gasteiger partial charge in [0.2, 0.25) is 0 Å². The van der Waals surface area contributed by atoms with Gasteiger partial charge in [-0.05, 0) is 56.3 Å². The highest BCUT2D eigenvalue weighted by atomic mass is 32.2. The molecule has 0 aliphatic heterocycles. The molecule has 3 nitrogen and oxygen atoms in total. The molecule has 0 aliphatic rings. The zero-order valence-electron chi connectivity index (χ0n) is 10.8. The van der Waals surface area contributed by atoms with Crippen LogP contribution in [0.4, 0.5) is 0 Å². The molecule has 0 fully saturated rings. The topological polar surface area (TPSA) is 51.8 Å². The zero-order valence-corrected chi connectivity index (χ0v) is 11.7. The Labute approximate surface area is 112 Å². The fourth-order valence-corrected chi connectivity index (χ4v) is 2.55. The normalized spacial score (nSPS) is 12.4. The van der Waals surface area contributed by atoms with Crippen LogP contribution in [0.2, 0.25) is 0 Å². The van der Waals surface area contributed by atoms with Crippen LogP contribution < -0.4 is 5.73 Å². The first-order valence-electron chi connectivity index (χ1n) is 5.90. The zero-order chi connectivity index (χ0) is 13.1. The van der Waals surface area contributed by atoms with Crippen LogP contribution in [0.25, 0.3) is 0 Å². The Bertz CT molecular complexity index is 515. The van der Waals surface area contributed by atoms with Crippen LogP contribution >= 0.6 is 11.8 Å². The SMILES string of the molecule is Cc1cc(C)nc(Sc2ccc(C(C)N)cc2)n1. The Morgan fingerprint density at radius 1 is 1.06 bits per heavy atom. The van der Waals surface area contributed by atoms with Crippen molar-refractivity contribution in [2.75, 3.05) is 0 Å². The second-order valence-electron chi connectivity index (χ2n) is 4.39. The van der Waals surface area contributed by atoms with Gasteiger partial charge in [0.15, 0.2) is 5.16 Å². The van der Waals surface area contributed by atoms with Gasteiger partial charge < -0.3 is 5.73 Å². The van der Waals surface area contributed by atoms with E-state index in [0.717, 1.165) is 27.0 Å². The van der Waals surface area contributed by atoms with Gasteiger partial charge in [0.1, 0.15) is 0 Å². The molecule has 1 unspecified atom stereocenters. The summed E-state index contributed by atoms with van der Waals surface area (Å²) in [6.45, 7) is 5.95. The van der Waals surface area contributed by atoms with Gasteiger partial charge in [-0.15, -0.1) is 0 Å². The summed E-state index contributed by atoms with van der Waals surface area (Å²) < 4.78 is 0. The van der Waals surface area contributed by atoms with E-state index in [-0.39, 0.29) is 6.04 Å². The molecule has 2 N–H and O–H groups in total. The molecule has 0 amide bonds. The van der Waals surface area contributed by atoms with Crippen molar-refractivity contribution >= 4 is 11.8 Å². The minimum absolute atomic E-state index is 0.0708. The largest absolute Gasteiger partial charge is 0.324 e. The average molecular weight is 259 g/mol. The van der Waals surface area contributed by atoms with Crippen LogP contribution in [0.5, 0.6) is 0 Å². The fraction of sp³-hybridized carbons (Fsp3) is 0.286. The van der Waals surface area contributed by atoms with Crippen molar-refractivity contribution in [3.8, 4) is 0 Å². The number of aryl methyl sites for hydroxylation is 2. The number of rotatable bonds is 3. The summed E-state index contributed by atoms with van der Waals surface area (Å²) in [5.74, 6) is 0. The lowest BCUT2D eigenvalue weighted by molar-refractivity contribution is 0.817. The van der Waals surface area contributed by atoms with E-state index in [2.05, 4.69) is 34.2 Å². The number of nitrogens with two attached hydrogens (primary N) is 1. The van der Waals surface area contributed by atoms with E-state index in [9.17, 15) is 0 Å². The third kappa shape index (κ3) is 3.31. The lowest BCUT2D eigenvalue weighted by atomic mass is 10.1. The van der Waals surface area contributed by atoms with Crippen LogP contribution in [0.1, 0.15) is 29.9 Å². The molecule has 0 saturated heterocycles. The van der Waals surface area contributed by atoms with Gasteiger partial charge >= 0.3 is 0 Å². The molecule has 2 rings (SSSR count). The van der Waals surface area contributed by atoms with E-state index in [4.69, 9.17) is 5.73 Å². The minimum Gasteiger partial charge on any atom is -0.324 e. The van der Waals surface area contributed by atoms with E-state index in [1.165, 1.54) is 0 Å². The highest BCUT2D eigenvalue weighted by Gasteiger charge is 2.04. The van der Waals surface area contributed by atoms with Crippen LogP contribution in [0.15, 0.2) is 40.4 Å². The standard InChI is InChI=1S/C14H17N3S/c1-9-8-10(2)17-14(16-9)18-13-6-4-12(5-7-13)11(3)15/h4-8,11H,15H2,1-3H3. The average Bonchev–Trinajstić information content (AvgIpc) is 2.28. The summed E-state index contributed by atoms with van der Waals surface area (Å²) in [6, 6.07) is 10.3. The number of aromatic nitrogens is 2. The van der Waals surface area contributed by atoms with Gasteiger partial charge in [-0.2, -0.15) is 0 Å². The van der Waals surface area contributed by atoms with Gasteiger partial charge in [0, 0.05) is 22.3 Å². The Hall–Kier alpha value is -1.39. The van der Waals surface area contributed by atoms with Crippen molar-refractivity contribution in [3.05, 3.63) is 47.3 Å². The summed E-state index contributed by atoms with van der Waals surface area (Å²) in [7, 11) is 0. The second-order valence-corrected chi connectivity index (χ2v) is 5.43. The number of benzene rings is 1. The Morgan fingerprint density at radius 2 is 1.61 bits per heavy atom. The summed E-state index contributed by atoms with van der Waals surface area (Å²) >= 11 is 1.57. The third-order valence-electron chi connectivity index (χ3n) is 2.58. The quantitative estimate of drug-likeness (QED) is 0.860. The molecule has 1 aromatic heterocycles. The fourth-order valence-electron chi connectivity index (χ4n) is 1.68. The summed E-state index contributed by atoms with van der Waals surface area (Å²) in [6.07, 6.45) is 0. The van der Waals surface area contributed by atoms with Crippen LogP contribution in [0, 0.1) is 13.8 Å². The van der Waals surface area contributed by atoms with E-state index in [1.807, 2.05) is 26.8 Å². The van der Waals surface area contributed by atoms with Gasteiger partial charge in [-0.25, -0.2) is 9.97 Å². The summed E-state index contributed by atoms with van der Waals surface area (Å²) in [5, 5.41) is 0.793. The lowest BCUT2D eigenvalue weighted by Gasteiger charge is -2.07. The van der Waals surface area contributed by atoms with Crippen molar-refractivity contribution in [1.82, 2.24) is 9.97 Å². The Balaban J connectivity index is 2.18. The molecule has 1 heterocycles. The van der Waals surface area contributed by atoms with Crippen molar-refractivity contribution < 1.29 is 0 Å². The number of hydrogen-bond acceptors (Lipinski definition) is 4. The predicted octanol–water partition coefficient (Wildman–Crippen LogP) is 3.26. The van der Waals surface area contributed by atoms with E-state index in [1.54, 1.807) is 11.8 Å². The molecule has 2 aromatic rings. The molecule has 0 aliphatic carbocycles. The van der Waals surface area contributed by atoms with Crippen molar-refractivity contribution in [3.63, 3.8) is 0 Å².